The Morgan fingerprint density at radius 3 is 2.38 bits per heavy atom. The zero-order chi connectivity index (χ0) is 15.0. The molecular weight excluding hydrogens is 256 g/mol. The topological polar surface area (TPSA) is 15.6 Å². The van der Waals surface area contributed by atoms with E-state index < -0.39 is 0 Å². The number of hydrogen-bond donors (Lipinski definition) is 0. The molecule has 2 aromatic carbocycles. The van der Waals surface area contributed by atoms with Crippen LogP contribution < -0.4 is 4.90 Å². The third-order valence-corrected chi connectivity index (χ3v) is 3.99. The minimum absolute atomic E-state index is 0.632. The third kappa shape index (κ3) is 2.49. The number of hydrogen-bond acceptors (Lipinski definition) is 2. The van der Waals surface area contributed by atoms with Gasteiger partial charge in [-0.25, -0.2) is 0 Å². The molecule has 21 heavy (non-hydrogen) atoms. The van der Waals surface area contributed by atoms with Gasteiger partial charge in [0.1, 0.15) is 0 Å². The summed E-state index contributed by atoms with van der Waals surface area (Å²) in [5.74, 6) is 0. The predicted octanol–water partition coefficient (Wildman–Crippen LogP) is 4.10. The van der Waals surface area contributed by atoms with E-state index in [0.717, 1.165) is 17.0 Å². The van der Waals surface area contributed by atoms with Gasteiger partial charge >= 0.3 is 0 Å². The van der Waals surface area contributed by atoms with E-state index in [1.54, 1.807) is 0 Å². The summed E-state index contributed by atoms with van der Waals surface area (Å²) in [4.78, 5) is 6.95. The Morgan fingerprint density at radius 2 is 1.67 bits per heavy atom. The van der Waals surface area contributed by atoms with Crippen molar-refractivity contribution in [2.24, 2.45) is 4.99 Å². The van der Waals surface area contributed by atoms with Crippen LogP contribution in [0.3, 0.4) is 0 Å². The van der Waals surface area contributed by atoms with Gasteiger partial charge in [0.15, 0.2) is 0 Å². The highest BCUT2D eigenvalue weighted by Gasteiger charge is 2.19. The van der Waals surface area contributed by atoms with Crippen LogP contribution in [0.2, 0.25) is 0 Å². The lowest BCUT2D eigenvalue weighted by atomic mass is 9.98. The normalized spacial score (nSPS) is 14.5. The van der Waals surface area contributed by atoms with Crippen molar-refractivity contribution in [2.45, 2.75) is 13.8 Å². The summed E-state index contributed by atoms with van der Waals surface area (Å²) >= 11 is 0. The summed E-state index contributed by atoms with van der Waals surface area (Å²) in [6.45, 7) is 8.99. The Balaban J connectivity index is 2.20. The standard InChI is InChI=1S/C19H20N2/c1-13-5-8-16(9-6-13)19-17-11-14(2)7-10-18(17)21(4)15(3)12-20-19/h5-11H,3,12H2,1-2,4H3. The Labute approximate surface area is 126 Å². The van der Waals surface area contributed by atoms with Gasteiger partial charge in [-0.2, -0.15) is 0 Å². The van der Waals surface area contributed by atoms with Gasteiger partial charge in [0.25, 0.3) is 0 Å². The first-order valence-corrected chi connectivity index (χ1v) is 7.20. The largest absolute Gasteiger partial charge is 0.346 e. The summed E-state index contributed by atoms with van der Waals surface area (Å²) in [6, 6.07) is 15.1. The summed E-state index contributed by atoms with van der Waals surface area (Å²) in [5.41, 5.74) is 8.09. The number of anilines is 1. The molecule has 2 heteroatoms. The molecular formula is C19H20N2. The Morgan fingerprint density at radius 1 is 1.00 bits per heavy atom. The lowest BCUT2D eigenvalue weighted by molar-refractivity contribution is 1.03. The quantitative estimate of drug-likeness (QED) is 0.765. The number of benzene rings is 2. The fraction of sp³-hybridized carbons (Fsp3) is 0.211. The van der Waals surface area contributed by atoms with E-state index >= 15 is 0 Å². The van der Waals surface area contributed by atoms with E-state index in [1.165, 1.54) is 22.4 Å². The van der Waals surface area contributed by atoms with Gasteiger partial charge in [-0.15, -0.1) is 0 Å². The molecule has 0 aliphatic carbocycles. The van der Waals surface area contributed by atoms with Crippen molar-refractivity contribution >= 4 is 11.4 Å². The van der Waals surface area contributed by atoms with Crippen LogP contribution in [0.1, 0.15) is 22.3 Å². The third-order valence-electron chi connectivity index (χ3n) is 3.99. The molecule has 0 fully saturated rings. The van der Waals surface area contributed by atoms with Crippen LogP contribution >= 0.6 is 0 Å². The maximum Gasteiger partial charge on any atom is 0.0793 e. The van der Waals surface area contributed by atoms with Crippen molar-refractivity contribution in [3.8, 4) is 0 Å². The minimum Gasteiger partial charge on any atom is -0.346 e. The van der Waals surface area contributed by atoms with E-state index in [9.17, 15) is 0 Å². The molecule has 2 aromatic rings. The molecule has 3 rings (SSSR count). The van der Waals surface area contributed by atoms with E-state index in [-0.39, 0.29) is 0 Å². The summed E-state index contributed by atoms with van der Waals surface area (Å²) in [6.07, 6.45) is 0. The molecule has 1 aliphatic heterocycles. The molecule has 0 saturated carbocycles. The minimum atomic E-state index is 0.632. The van der Waals surface area contributed by atoms with Gasteiger partial charge in [-0.1, -0.05) is 48.0 Å². The van der Waals surface area contributed by atoms with Crippen molar-refractivity contribution in [2.75, 3.05) is 18.5 Å². The average Bonchev–Trinajstić information content (AvgIpc) is 2.59. The molecule has 1 heterocycles. The molecule has 0 radical (unpaired) electrons. The molecule has 0 atom stereocenters. The molecule has 0 bridgehead atoms. The van der Waals surface area contributed by atoms with Crippen LogP contribution in [0.4, 0.5) is 5.69 Å². The second-order valence-corrected chi connectivity index (χ2v) is 5.68. The van der Waals surface area contributed by atoms with Crippen LogP contribution in [0.5, 0.6) is 0 Å². The van der Waals surface area contributed by atoms with Crippen LogP contribution in [-0.2, 0) is 0 Å². The Hall–Kier alpha value is -2.35. The van der Waals surface area contributed by atoms with Crippen molar-refractivity contribution in [3.05, 3.63) is 77.0 Å². The lowest BCUT2D eigenvalue weighted by Crippen LogP contribution is -2.17. The van der Waals surface area contributed by atoms with Crippen molar-refractivity contribution in [1.82, 2.24) is 0 Å². The van der Waals surface area contributed by atoms with Gasteiger partial charge < -0.3 is 4.90 Å². The highest BCUT2D eigenvalue weighted by Crippen LogP contribution is 2.29. The van der Waals surface area contributed by atoms with Crippen LogP contribution in [0.15, 0.2) is 59.7 Å². The van der Waals surface area contributed by atoms with E-state index in [2.05, 4.69) is 74.8 Å². The molecule has 0 aromatic heterocycles. The maximum atomic E-state index is 4.81. The van der Waals surface area contributed by atoms with Crippen molar-refractivity contribution in [3.63, 3.8) is 0 Å². The van der Waals surface area contributed by atoms with Gasteiger partial charge in [0.2, 0.25) is 0 Å². The first kappa shape index (κ1) is 13.6. The second-order valence-electron chi connectivity index (χ2n) is 5.68. The van der Waals surface area contributed by atoms with Crippen LogP contribution in [0, 0.1) is 13.8 Å². The average molecular weight is 276 g/mol. The first-order chi connectivity index (χ1) is 10.1. The van der Waals surface area contributed by atoms with Gasteiger partial charge in [-0.05, 0) is 26.0 Å². The molecule has 0 saturated heterocycles. The smallest absolute Gasteiger partial charge is 0.0793 e. The molecule has 106 valence electrons. The molecule has 0 N–H and O–H groups in total. The molecule has 0 spiro atoms. The van der Waals surface area contributed by atoms with Crippen molar-refractivity contribution < 1.29 is 0 Å². The molecule has 0 unspecified atom stereocenters. The summed E-state index contributed by atoms with van der Waals surface area (Å²) in [7, 11) is 2.06. The molecule has 0 amide bonds. The maximum absolute atomic E-state index is 4.81. The summed E-state index contributed by atoms with van der Waals surface area (Å²) < 4.78 is 0. The number of nitrogens with zero attached hydrogens (tertiary/aromatic N) is 2. The monoisotopic (exact) mass is 276 g/mol. The number of benzodiazepines with no additional fused rings is 1. The van der Waals surface area contributed by atoms with E-state index in [1.807, 2.05) is 0 Å². The first-order valence-electron chi connectivity index (χ1n) is 7.20. The molecule has 2 nitrogen and oxygen atoms in total. The number of fused-ring (bicyclic) bond motifs is 1. The zero-order valence-electron chi connectivity index (χ0n) is 12.9. The Kier molecular flexibility index (Phi) is 3.38. The fourth-order valence-corrected chi connectivity index (χ4v) is 2.62. The van der Waals surface area contributed by atoms with Crippen LogP contribution in [-0.4, -0.2) is 19.3 Å². The second kappa shape index (κ2) is 5.21. The van der Waals surface area contributed by atoms with Crippen molar-refractivity contribution in [1.29, 1.82) is 0 Å². The highest BCUT2D eigenvalue weighted by molar-refractivity contribution is 6.16. The van der Waals surface area contributed by atoms with Gasteiger partial charge in [0, 0.05) is 23.9 Å². The van der Waals surface area contributed by atoms with Gasteiger partial charge in [0.05, 0.1) is 17.9 Å². The predicted molar refractivity (Wildman–Crippen MR) is 90.4 cm³/mol. The van der Waals surface area contributed by atoms with E-state index in [0.29, 0.717) is 6.54 Å². The summed E-state index contributed by atoms with van der Waals surface area (Å²) in [5, 5.41) is 0. The number of aliphatic imine (C=N–C) groups is 1. The SMILES string of the molecule is C=C1CN=C(c2ccc(C)cc2)c2cc(C)ccc2N1C. The number of rotatable bonds is 1. The van der Waals surface area contributed by atoms with E-state index in [4.69, 9.17) is 4.99 Å². The van der Waals surface area contributed by atoms with Crippen LogP contribution in [0.25, 0.3) is 0 Å². The zero-order valence-corrected chi connectivity index (χ0v) is 12.9. The fourth-order valence-electron chi connectivity index (χ4n) is 2.62. The number of aryl methyl sites for hydroxylation is 2. The van der Waals surface area contributed by atoms with Gasteiger partial charge in [-0.3, -0.25) is 4.99 Å². The lowest BCUT2D eigenvalue weighted by Gasteiger charge is -2.21. The molecule has 1 aliphatic rings. The Bertz CT molecular complexity index is 724. The number of likely N-dealkylation sites (N-methyl/N-ethyl adjacent to an activating group) is 1. The highest BCUT2D eigenvalue weighted by atomic mass is 15.1.